The van der Waals surface area contributed by atoms with Gasteiger partial charge in [0.05, 0.1) is 24.7 Å². The van der Waals surface area contributed by atoms with Crippen molar-refractivity contribution in [3.05, 3.63) is 87.0 Å². The molecule has 1 aliphatic rings. The lowest BCUT2D eigenvalue weighted by Gasteiger charge is -2.24. The fraction of sp³-hybridized carbons (Fsp3) is 0.385. The van der Waals surface area contributed by atoms with E-state index in [0.717, 1.165) is 59.4 Å². The van der Waals surface area contributed by atoms with Gasteiger partial charge in [-0.3, -0.25) is 9.69 Å². The summed E-state index contributed by atoms with van der Waals surface area (Å²) < 4.78 is 7.74. The summed E-state index contributed by atoms with van der Waals surface area (Å²) in [6.45, 7) is 7.25. The summed E-state index contributed by atoms with van der Waals surface area (Å²) in [6.07, 6.45) is 2.25. The lowest BCUT2D eigenvalue weighted by atomic mass is 10.0. The molecule has 1 atom stereocenters. The summed E-state index contributed by atoms with van der Waals surface area (Å²) in [5.41, 5.74) is 4.97. The van der Waals surface area contributed by atoms with Crippen molar-refractivity contribution in [1.82, 2.24) is 30.1 Å². The first-order valence-corrected chi connectivity index (χ1v) is 11.8. The van der Waals surface area contributed by atoms with Crippen LogP contribution in [0, 0.1) is 13.8 Å². The summed E-state index contributed by atoms with van der Waals surface area (Å²) in [5, 5.41) is 13.5. The highest BCUT2D eigenvalue weighted by molar-refractivity contribution is 5.82. The van der Waals surface area contributed by atoms with Crippen LogP contribution >= 0.6 is 0 Å². The van der Waals surface area contributed by atoms with Crippen LogP contribution in [0.15, 0.2) is 53.3 Å². The predicted octanol–water partition coefficient (Wildman–Crippen LogP) is 3.36. The number of rotatable bonds is 8. The number of fused-ring (bicyclic) bond motifs is 1. The fourth-order valence-electron chi connectivity index (χ4n) is 4.77. The number of benzene rings is 2. The highest BCUT2D eigenvalue weighted by Crippen LogP contribution is 2.20. The zero-order chi connectivity index (χ0) is 23.5. The fourth-order valence-corrected chi connectivity index (χ4v) is 4.77. The Kier molecular flexibility index (Phi) is 6.51. The molecule has 0 saturated carbocycles. The largest absolute Gasteiger partial charge is 0.377 e. The van der Waals surface area contributed by atoms with Crippen molar-refractivity contribution in [2.75, 3.05) is 13.2 Å². The summed E-state index contributed by atoms with van der Waals surface area (Å²) in [6, 6.07) is 16.4. The van der Waals surface area contributed by atoms with Crippen LogP contribution in [-0.4, -0.2) is 49.3 Å². The van der Waals surface area contributed by atoms with E-state index in [2.05, 4.69) is 56.6 Å². The monoisotopic (exact) mass is 458 g/mol. The minimum absolute atomic E-state index is 0.0549. The Labute approximate surface area is 198 Å². The molecule has 34 heavy (non-hydrogen) atoms. The highest BCUT2D eigenvalue weighted by atomic mass is 16.5. The minimum Gasteiger partial charge on any atom is -0.377 e. The molecule has 176 valence electrons. The second-order valence-electron chi connectivity index (χ2n) is 9.21. The number of pyridine rings is 1. The molecular formula is C26H30N6O2. The lowest BCUT2D eigenvalue weighted by molar-refractivity contribution is 0.0663. The summed E-state index contributed by atoms with van der Waals surface area (Å²) in [7, 11) is 0. The van der Waals surface area contributed by atoms with Crippen molar-refractivity contribution in [3.8, 4) is 0 Å². The standard InChI is InChI=1S/C26H30N6O2/c1-18-11-19(2)25-21(12-18)13-22(26(33)27-25)15-31(16-23-9-6-10-34-23)17-24-28-29-30-32(24)14-20-7-4-3-5-8-20/h3-5,7-8,11-13,23H,6,9-10,14-17H2,1-2H3,(H,27,33). The van der Waals surface area contributed by atoms with E-state index < -0.39 is 0 Å². The van der Waals surface area contributed by atoms with Crippen LogP contribution in [0.1, 0.15) is 40.9 Å². The summed E-state index contributed by atoms with van der Waals surface area (Å²) in [4.78, 5) is 18.3. The zero-order valence-electron chi connectivity index (χ0n) is 19.7. The highest BCUT2D eigenvalue weighted by Gasteiger charge is 2.22. The van der Waals surface area contributed by atoms with Gasteiger partial charge in [0.2, 0.25) is 0 Å². The van der Waals surface area contributed by atoms with Crippen LogP contribution in [0.5, 0.6) is 0 Å². The average molecular weight is 459 g/mol. The van der Waals surface area contributed by atoms with Crippen molar-refractivity contribution >= 4 is 10.9 Å². The number of tetrazole rings is 1. The smallest absolute Gasteiger partial charge is 0.252 e. The van der Waals surface area contributed by atoms with Crippen LogP contribution < -0.4 is 5.56 Å². The van der Waals surface area contributed by atoms with Gasteiger partial charge in [-0.25, -0.2) is 4.68 Å². The maximum absolute atomic E-state index is 13.0. The second kappa shape index (κ2) is 9.87. The molecule has 8 heteroatoms. The van der Waals surface area contributed by atoms with E-state index >= 15 is 0 Å². The van der Waals surface area contributed by atoms with Crippen LogP contribution in [0.2, 0.25) is 0 Å². The number of nitrogens with zero attached hydrogens (tertiary/aromatic N) is 5. The van der Waals surface area contributed by atoms with Gasteiger partial charge in [-0.05, 0) is 65.8 Å². The Balaban J connectivity index is 1.42. The summed E-state index contributed by atoms with van der Waals surface area (Å²) in [5.74, 6) is 0.769. The SMILES string of the molecule is Cc1cc(C)c2[nH]c(=O)c(CN(Cc3nnnn3Cc3ccccc3)CC3CCCO3)cc2c1. The Hall–Kier alpha value is -3.36. The van der Waals surface area contributed by atoms with Crippen molar-refractivity contribution in [2.45, 2.75) is 52.4 Å². The van der Waals surface area contributed by atoms with Gasteiger partial charge < -0.3 is 9.72 Å². The van der Waals surface area contributed by atoms with Gasteiger partial charge in [-0.1, -0.05) is 42.0 Å². The number of nitrogens with one attached hydrogen (secondary N) is 1. The number of H-pyrrole nitrogens is 1. The third-order valence-electron chi connectivity index (χ3n) is 6.40. The Morgan fingerprint density at radius 3 is 2.79 bits per heavy atom. The van der Waals surface area contributed by atoms with Gasteiger partial charge in [0.1, 0.15) is 0 Å². The molecule has 4 aromatic rings. The van der Waals surface area contributed by atoms with Crippen LogP contribution in [0.25, 0.3) is 10.9 Å². The molecule has 2 aromatic heterocycles. The number of aromatic nitrogens is 5. The maximum atomic E-state index is 13.0. The number of hydrogen-bond acceptors (Lipinski definition) is 6. The predicted molar refractivity (Wildman–Crippen MR) is 130 cm³/mol. The molecule has 5 rings (SSSR count). The van der Waals surface area contributed by atoms with Crippen molar-refractivity contribution in [3.63, 3.8) is 0 Å². The number of hydrogen-bond donors (Lipinski definition) is 1. The van der Waals surface area contributed by atoms with Crippen LogP contribution in [0.4, 0.5) is 0 Å². The van der Waals surface area contributed by atoms with Gasteiger partial charge in [0.25, 0.3) is 5.56 Å². The van der Waals surface area contributed by atoms with E-state index in [0.29, 0.717) is 19.6 Å². The summed E-state index contributed by atoms with van der Waals surface area (Å²) >= 11 is 0. The first-order chi connectivity index (χ1) is 16.5. The Morgan fingerprint density at radius 1 is 1.15 bits per heavy atom. The quantitative estimate of drug-likeness (QED) is 0.436. The molecule has 3 heterocycles. The molecule has 1 N–H and O–H groups in total. The van der Waals surface area contributed by atoms with Crippen molar-refractivity contribution < 1.29 is 4.74 Å². The molecule has 0 radical (unpaired) electrons. The van der Waals surface area contributed by atoms with Crippen LogP contribution in [0.3, 0.4) is 0 Å². The molecule has 0 aliphatic carbocycles. The molecule has 0 amide bonds. The van der Waals surface area contributed by atoms with E-state index in [1.807, 2.05) is 35.9 Å². The van der Waals surface area contributed by atoms with E-state index in [1.165, 1.54) is 5.56 Å². The molecule has 8 nitrogen and oxygen atoms in total. The van der Waals surface area contributed by atoms with Crippen molar-refractivity contribution in [1.29, 1.82) is 0 Å². The molecule has 0 spiro atoms. The maximum Gasteiger partial charge on any atom is 0.252 e. The number of aromatic amines is 1. The topological polar surface area (TPSA) is 88.9 Å². The van der Waals surface area contributed by atoms with Gasteiger partial charge in [0, 0.05) is 25.3 Å². The first-order valence-electron chi connectivity index (χ1n) is 11.8. The van der Waals surface area contributed by atoms with Gasteiger partial charge in [0.15, 0.2) is 5.82 Å². The van der Waals surface area contributed by atoms with E-state index in [1.54, 1.807) is 0 Å². The Bertz CT molecular complexity index is 1320. The molecule has 1 unspecified atom stereocenters. The molecular weight excluding hydrogens is 428 g/mol. The first kappa shape index (κ1) is 22.4. The number of ether oxygens (including phenoxy) is 1. The molecule has 0 bridgehead atoms. The van der Waals surface area contributed by atoms with Crippen molar-refractivity contribution in [2.24, 2.45) is 0 Å². The molecule has 2 aromatic carbocycles. The third-order valence-corrected chi connectivity index (χ3v) is 6.40. The van der Waals surface area contributed by atoms with Gasteiger partial charge in [-0.15, -0.1) is 5.10 Å². The molecule has 1 fully saturated rings. The van der Waals surface area contributed by atoms with E-state index in [9.17, 15) is 4.79 Å². The van der Waals surface area contributed by atoms with Gasteiger partial charge in [-0.2, -0.15) is 0 Å². The average Bonchev–Trinajstić information content (AvgIpc) is 3.48. The lowest BCUT2D eigenvalue weighted by Crippen LogP contribution is -2.34. The van der Waals surface area contributed by atoms with Gasteiger partial charge >= 0.3 is 0 Å². The third kappa shape index (κ3) is 5.08. The minimum atomic E-state index is -0.0549. The zero-order valence-corrected chi connectivity index (χ0v) is 19.7. The van der Waals surface area contributed by atoms with Crippen LogP contribution in [-0.2, 0) is 24.4 Å². The second-order valence-corrected chi connectivity index (χ2v) is 9.21. The normalized spacial score (nSPS) is 16.0. The number of aryl methyl sites for hydroxylation is 2. The molecule has 1 saturated heterocycles. The molecule has 1 aliphatic heterocycles. The Morgan fingerprint density at radius 2 is 2.00 bits per heavy atom. The van der Waals surface area contributed by atoms with E-state index in [4.69, 9.17) is 4.74 Å². The van der Waals surface area contributed by atoms with E-state index in [-0.39, 0.29) is 11.7 Å².